The van der Waals surface area contributed by atoms with E-state index in [-0.39, 0.29) is 23.2 Å². The summed E-state index contributed by atoms with van der Waals surface area (Å²) in [4.78, 5) is 35.9. The second-order valence-corrected chi connectivity index (χ2v) is 26.3. The lowest BCUT2D eigenvalue weighted by molar-refractivity contribution is -0.148. The molecule has 3 aliphatic rings. The normalized spacial score (nSPS) is 18.6. The number of nitrogens with zero attached hydrogens (tertiary/aromatic N) is 3. The van der Waals surface area contributed by atoms with Crippen molar-refractivity contribution < 1.29 is 59.0 Å². The monoisotopic (exact) mass is 1110 g/mol. The van der Waals surface area contributed by atoms with Crippen molar-refractivity contribution in [1.29, 1.82) is 0 Å². The Morgan fingerprint density at radius 2 is 1.56 bits per heavy atom. The second-order valence-electron chi connectivity index (χ2n) is 19.5. The van der Waals surface area contributed by atoms with Gasteiger partial charge in [-0.25, -0.2) is 16.8 Å². The Labute approximate surface area is 434 Å². The number of anilines is 2. The Hall–Kier alpha value is -3.99. The molecule has 0 aromatic heterocycles. The average molecular weight is 1110 g/mol. The highest BCUT2D eigenvalue weighted by molar-refractivity contribution is 7.99. The number of alkyl halides is 3. The van der Waals surface area contributed by atoms with E-state index in [1.807, 2.05) is 47.4 Å². The quantitative estimate of drug-likeness (QED) is 0.0243. The van der Waals surface area contributed by atoms with Gasteiger partial charge in [0.2, 0.25) is 10.0 Å². The number of nitrogens with one attached hydrogen (secondary N) is 2. The van der Waals surface area contributed by atoms with E-state index >= 15 is 0 Å². The van der Waals surface area contributed by atoms with Gasteiger partial charge in [0.1, 0.15) is 11.1 Å². The lowest BCUT2D eigenvalue weighted by Crippen LogP contribution is -2.47. The number of piperazine rings is 1. The van der Waals surface area contributed by atoms with Crippen LogP contribution in [-0.4, -0.2) is 124 Å². The van der Waals surface area contributed by atoms with Crippen LogP contribution >= 0.6 is 31.0 Å². The van der Waals surface area contributed by atoms with Crippen LogP contribution in [0.3, 0.4) is 0 Å². The largest absolute Gasteiger partial charge is 0.501 e. The average Bonchev–Trinajstić information content (AvgIpc) is 3.34. The lowest BCUT2D eigenvalue weighted by Gasteiger charge is -2.39. The van der Waals surface area contributed by atoms with E-state index in [1.54, 1.807) is 24.3 Å². The molecule has 398 valence electrons. The Balaban J connectivity index is 1.00. The van der Waals surface area contributed by atoms with Crippen LogP contribution in [-0.2, 0) is 34.0 Å². The molecule has 2 atom stereocenters. The van der Waals surface area contributed by atoms with E-state index in [1.165, 1.54) is 28.5 Å². The van der Waals surface area contributed by atoms with Gasteiger partial charge >= 0.3 is 19.1 Å². The van der Waals surface area contributed by atoms with Crippen LogP contribution in [0.2, 0.25) is 5.02 Å². The number of allylic oxidation sites excluding steroid dienone is 1. The summed E-state index contributed by atoms with van der Waals surface area (Å²) in [6.45, 7) is 9.73. The number of carbonyl (C=O) groups is 1. The van der Waals surface area contributed by atoms with Crippen LogP contribution < -0.4 is 14.9 Å². The molecule has 2 fully saturated rings. The summed E-state index contributed by atoms with van der Waals surface area (Å²) < 4.78 is 115. The molecule has 15 nitrogen and oxygen atoms in total. The first kappa shape index (κ1) is 56.7. The fraction of sp³-hybridized carbons (Fsp3) is 0.460. The van der Waals surface area contributed by atoms with Gasteiger partial charge in [-0.2, -0.15) is 17.9 Å². The summed E-state index contributed by atoms with van der Waals surface area (Å²) in [5.74, 6) is -1.04. The van der Waals surface area contributed by atoms with E-state index in [9.17, 15) is 44.5 Å². The van der Waals surface area contributed by atoms with Gasteiger partial charge in [0, 0.05) is 66.7 Å². The Morgan fingerprint density at radius 3 is 2.19 bits per heavy atom. The van der Waals surface area contributed by atoms with Crippen LogP contribution in [0.15, 0.2) is 117 Å². The highest BCUT2D eigenvalue weighted by Crippen LogP contribution is 2.43. The first-order chi connectivity index (χ1) is 34.4. The van der Waals surface area contributed by atoms with E-state index in [0.29, 0.717) is 43.6 Å². The molecule has 0 spiro atoms. The van der Waals surface area contributed by atoms with Gasteiger partial charge in [-0.05, 0) is 128 Å². The van der Waals surface area contributed by atoms with Crippen molar-refractivity contribution in [2.45, 2.75) is 84.8 Å². The number of aliphatic hydroxyl groups is 1. The zero-order valence-electron chi connectivity index (χ0n) is 40.5. The van der Waals surface area contributed by atoms with Crippen LogP contribution in [0.4, 0.5) is 24.5 Å². The molecule has 2 aliphatic heterocycles. The lowest BCUT2D eigenvalue weighted by atomic mass is 9.73. The molecule has 23 heteroatoms. The number of sulfonamides is 1. The molecule has 73 heavy (non-hydrogen) atoms. The van der Waals surface area contributed by atoms with Crippen molar-refractivity contribution in [3.05, 3.63) is 119 Å². The molecular formula is C50H62ClF3N5O10PS3. The summed E-state index contributed by atoms with van der Waals surface area (Å²) in [5.41, 5.74) is -1.04. The maximum absolute atomic E-state index is 14.3. The molecule has 0 saturated carbocycles. The van der Waals surface area contributed by atoms with Crippen molar-refractivity contribution in [1.82, 2.24) is 14.5 Å². The zero-order valence-corrected chi connectivity index (χ0v) is 44.6. The molecular weight excluding hydrogens is 1050 g/mol. The number of hydrogen-bond acceptors (Lipinski definition) is 13. The molecule has 2 saturated heterocycles. The third-order valence-electron chi connectivity index (χ3n) is 13.5. The third kappa shape index (κ3) is 15.6. The Kier molecular flexibility index (Phi) is 18.6. The minimum Gasteiger partial charge on any atom is -0.452 e. The molecule has 2 heterocycles. The number of hydrogen-bond donors (Lipinski definition) is 5. The van der Waals surface area contributed by atoms with Crippen LogP contribution in [0, 0.1) is 11.3 Å². The smallest absolute Gasteiger partial charge is 0.452 e. The van der Waals surface area contributed by atoms with Crippen molar-refractivity contribution in [3.63, 3.8) is 0 Å². The van der Waals surface area contributed by atoms with Gasteiger partial charge in [-0.3, -0.25) is 14.3 Å². The van der Waals surface area contributed by atoms with E-state index in [0.717, 1.165) is 74.7 Å². The summed E-state index contributed by atoms with van der Waals surface area (Å²) >= 11 is 7.56. The van der Waals surface area contributed by atoms with Crippen molar-refractivity contribution in [2.75, 3.05) is 74.7 Å². The van der Waals surface area contributed by atoms with Crippen LogP contribution in [0.25, 0.3) is 5.57 Å². The molecule has 5 N–H and O–H groups in total. The number of benzene rings is 4. The predicted molar refractivity (Wildman–Crippen MR) is 277 cm³/mol. The van der Waals surface area contributed by atoms with Gasteiger partial charge in [0.05, 0.1) is 16.5 Å². The number of thioether (sulfide) groups is 1. The number of rotatable bonds is 20. The minimum atomic E-state index is -6.13. The van der Waals surface area contributed by atoms with E-state index in [2.05, 4.69) is 45.8 Å². The topological polar surface area (TPSA) is 206 Å². The zero-order chi connectivity index (χ0) is 52.8. The molecule has 4 aromatic carbocycles. The van der Waals surface area contributed by atoms with Gasteiger partial charge in [0.25, 0.3) is 9.84 Å². The summed E-state index contributed by atoms with van der Waals surface area (Å²) in [6, 6.07) is 25.5. The number of halogens is 4. The van der Waals surface area contributed by atoms with Crippen molar-refractivity contribution in [3.8, 4) is 0 Å². The fourth-order valence-corrected chi connectivity index (χ4v) is 12.9. The molecule has 0 radical (unpaired) electrons. The summed E-state index contributed by atoms with van der Waals surface area (Å²) in [7, 11) is -15.5. The number of esters is 1. The summed E-state index contributed by atoms with van der Waals surface area (Å²) in [5, 5.41) is 14.8. The second kappa shape index (κ2) is 23.9. The maximum atomic E-state index is 14.3. The number of likely N-dealkylation sites (tertiary alicyclic amines) is 1. The number of ether oxygens (including phenoxy) is 1. The fourth-order valence-electron chi connectivity index (χ4n) is 9.41. The number of aliphatic hydroxyl groups excluding tert-OH is 1. The Bertz CT molecular complexity index is 2850. The molecule has 7 rings (SSSR count). The predicted octanol–water partition coefficient (Wildman–Crippen LogP) is 8.74. The SMILES string of the molecule is CC1(C)CCC(c2ccc(Cl)cc2)=C(CN2CCN(c3ccc(C(O)NS(=O)(=O)c4ccc(N[C@H](CCN5CCC(C(=O)OCP(=O)(O)O)CC5)CSc5ccccc5)c(S(=O)(=O)C(F)(F)F)c4)cc3)CC2)C1. The highest BCUT2D eigenvalue weighted by atomic mass is 35.5. The van der Waals surface area contributed by atoms with Crippen LogP contribution in [0.1, 0.15) is 69.7 Å². The van der Waals surface area contributed by atoms with Crippen molar-refractivity contribution in [2.24, 2.45) is 11.3 Å². The van der Waals surface area contributed by atoms with Gasteiger partial charge in [-0.15, -0.1) is 11.8 Å². The van der Waals surface area contributed by atoms with Gasteiger partial charge in [0.15, 0.2) is 6.35 Å². The standard InChI is InChI=1S/C50H62ClF3N5O10PS3/c1-49(2)22-18-44(35-8-12-39(51)13-9-35)38(31-49)32-58-26-28-59(29-27-58)41-14-10-36(11-15-41)47(60)56-73(67,68)43-16-17-45(46(30-43)72(65,66)50(52,53)54)55-40(33-71-42-6-4-3-5-7-42)21-25-57-23-19-37(20-24-57)48(61)69-34-70(62,63)64/h3-17,30,37,40,47,55-56,60H,18-29,31-34H2,1-2H3,(H2,62,63,64)/t40-,47?/m1/s1. The van der Waals surface area contributed by atoms with E-state index < -0.39 is 78.9 Å². The molecule has 0 bridgehead atoms. The number of piperidine rings is 1. The van der Waals surface area contributed by atoms with Gasteiger partial charge in [-0.1, -0.05) is 73.5 Å². The third-order valence-corrected chi connectivity index (χ3v) is 18.3. The molecule has 0 amide bonds. The number of carbonyl (C=O) groups excluding carboxylic acids is 1. The first-order valence-corrected chi connectivity index (χ1v) is 30.1. The van der Waals surface area contributed by atoms with Crippen molar-refractivity contribution >= 4 is 73.7 Å². The first-order valence-electron chi connectivity index (χ1n) is 23.9. The number of sulfone groups is 1. The Morgan fingerprint density at radius 1 is 0.904 bits per heavy atom. The summed E-state index contributed by atoms with van der Waals surface area (Å²) in [6.07, 6.45) is 1.21. The minimum absolute atomic E-state index is 0.150. The maximum Gasteiger partial charge on any atom is 0.501 e. The van der Waals surface area contributed by atoms with Gasteiger partial charge < -0.3 is 34.7 Å². The highest BCUT2D eigenvalue weighted by Gasteiger charge is 2.48. The molecule has 1 aliphatic carbocycles. The molecule has 1 unspecified atom stereocenters. The molecule has 4 aromatic rings. The van der Waals surface area contributed by atoms with Crippen LogP contribution in [0.5, 0.6) is 0 Å². The van der Waals surface area contributed by atoms with E-state index in [4.69, 9.17) is 26.1 Å².